The quantitative estimate of drug-likeness (QED) is 0.504. The highest BCUT2D eigenvalue weighted by Crippen LogP contribution is 2.43. The molecule has 25 heavy (non-hydrogen) atoms. The van der Waals surface area contributed by atoms with Gasteiger partial charge in [-0.3, -0.25) is 0 Å². The standard InChI is InChI=1S/C21H36O3Si/c1-6-7-8-9-12-25(4,5)18-14-19(23-2)21(20(15-18)24-3)16-10-11-17(22)13-16/h14-17,22H,6-13H2,1-5H3. The molecule has 1 aromatic rings. The molecule has 0 heterocycles. The van der Waals surface area contributed by atoms with Gasteiger partial charge in [0.1, 0.15) is 11.5 Å². The highest BCUT2D eigenvalue weighted by molar-refractivity contribution is 6.89. The van der Waals surface area contributed by atoms with E-state index in [2.05, 4.69) is 32.2 Å². The van der Waals surface area contributed by atoms with E-state index in [1.54, 1.807) is 14.2 Å². The van der Waals surface area contributed by atoms with Gasteiger partial charge in [0, 0.05) is 5.56 Å². The van der Waals surface area contributed by atoms with Crippen LogP contribution in [0, 0.1) is 0 Å². The summed E-state index contributed by atoms with van der Waals surface area (Å²) in [6, 6.07) is 5.82. The fourth-order valence-corrected chi connectivity index (χ4v) is 6.56. The first-order chi connectivity index (χ1) is 11.9. The zero-order valence-electron chi connectivity index (χ0n) is 16.7. The lowest BCUT2D eigenvalue weighted by Gasteiger charge is -2.27. The molecule has 2 atom stereocenters. The Labute approximate surface area is 154 Å². The molecule has 0 aliphatic heterocycles. The minimum absolute atomic E-state index is 0.191. The van der Waals surface area contributed by atoms with E-state index in [1.807, 2.05) is 0 Å². The second-order valence-corrected chi connectivity index (χ2v) is 13.0. The van der Waals surface area contributed by atoms with Gasteiger partial charge in [0.05, 0.1) is 28.4 Å². The zero-order valence-corrected chi connectivity index (χ0v) is 17.7. The Morgan fingerprint density at radius 1 is 1.04 bits per heavy atom. The summed E-state index contributed by atoms with van der Waals surface area (Å²) in [5.74, 6) is 2.23. The number of methoxy groups -OCH3 is 2. The van der Waals surface area contributed by atoms with Crippen molar-refractivity contribution in [2.75, 3.05) is 14.2 Å². The van der Waals surface area contributed by atoms with E-state index < -0.39 is 8.07 Å². The summed E-state index contributed by atoms with van der Waals surface area (Å²) < 4.78 is 11.5. The number of hydrogen-bond acceptors (Lipinski definition) is 3. The third-order valence-electron chi connectivity index (χ3n) is 5.79. The van der Waals surface area contributed by atoms with Crippen LogP contribution in [0.15, 0.2) is 12.1 Å². The average molecular weight is 365 g/mol. The topological polar surface area (TPSA) is 38.7 Å². The highest BCUT2D eigenvalue weighted by Gasteiger charge is 2.32. The third-order valence-corrected chi connectivity index (χ3v) is 9.25. The lowest BCUT2D eigenvalue weighted by atomic mass is 9.95. The maximum atomic E-state index is 9.94. The van der Waals surface area contributed by atoms with Crippen LogP contribution in [-0.4, -0.2) is 33.5 Å². The van der Waals surface area contributed by atoms with Crippen molar-refractivity contribution >= 4 is 13.3 Å². The predicted octanol–water partition coefficient (Wildman–Crippen LogP) is 4.83. The van der Waals surface area contributed by atoms with Crippen LogP contribution in [0.4, 0.5) is 0 Å². The van der Waals surface area contributed by atoms with E-state index in [0.29, 0.717) is 5.92 Å². The maximum absolute atomic E-state index is 9.94. The molecular weight excluding hydrogens is 328 g/mol. The molecule has 2 unspecified atom stereocenters. The smallest absolute Gasteiger partial charge is 0.125 e. The van der Waals surface area contributed by atoms with Gasteiger partial charge in [-0.1, -0.05) is 56.9 Å². The zero-order chi connectivity index (χ0) is 18.4. The van der Waals surface area contributed by atoms with Crippen LogP contribution in [0.5, 0.6) is 11.5 Å². The molecule has 1 fully saturated rings. The number of unbranched alkanes of at least 4 members (excludes halogenated alkanes) is 3. The van der Waals surface area contributed by atoms with E-state index in [4.69, 9.17) is 9.47 Å². The van der Waals surface area contributed by atoms with Crippen molar-refractivity contribution in [3.63, 3.8) is 0 Å². The van der Waals surface area contributed by atoms with Gasteiger partial charge in [0.15, 0.2) is 0 Å². The average Bonchev–Trinajstić information content (AvgIpc) is 3.03. The molecule has 0 radical (unpaired) electrons. The van der Waals surface area contributed by atoms with Crippen molar-refractivity contribution in [3.05, 3.63) is 17.7 Å². The van der Waals surface area contributed by atoms with Crippen molar-refractivity contribution < 1.29 is 14.6 Å². The first-order valence-corrected chi connectivity index (χ1v) is 13.1. The Balaban J connectivity index is 2.28. The monoisotopic (exact) mass is 364 g/mol. The summed E-state index contributed by atoms with van der Waals surface area (Å²) in [5, 5.41) is 11.4. The molecule has 1 aliphatic rings. The van der Waals surface area contributed by atoms with Gasteiger partial charge in [-0.2, -0.15) is 0 Å². The molecule has 1 aromatic carbocycles. The number of ether oxygens (including phenoxy) is 2. The van der Waals surface area contributed by atoms with E-state index in [0.717, 1.165) is 36.3 Å². The van der Waals surface area contributed by atoms with Gasteiger partial charge in [-0.15, -0.1) is 0 Å². The number of benzene rings is 1. The summed E-state index contributed by atoms with van der Waals surface area (Å²) in [6.07, 6.45) is 7.76. The highest BCUT2D eigenvalue weighted by atomic mass is 28.3. The first kappa shape index (κ1) is 20.3. The number of hydrogen-bond donors (Lipinski definition) is 1. The maximum Gasteiger partial charge on any atom is 0.125 e. The summed E-state index contributed by atoms with van der Waals surface area (Å²) in [4.78, 5) is 0. The van der Waals surface area contributed by atoms with Crippen LogP contribution in [-0.2, 0) is 0 Å². The van der Waals surface area contributed by atoms with E-state index in [-0.39, 0.29) is 6.10 Å². The van der Waals surface area contributed by atoms with Gasteiger partial charge < -0.3 is 14.6 Å². The second-order valence-electron chi connectivity index (χ2n) is 8.15. The van der Waals surface area contributed by atoms with Gasteiger partial charge in [-0.05, 0) is 37.3 Å². The first-order valence-electron chi connectivity index (χ1n) is 9.87. The van der Waals surface area contributed by atoms with Crippen LogP contribution < -0.4 is 14.7 Å². The molecule has 2 rings (SSSR count). The summed E-state index contributed by atoms with van der Waals surface area (Å²) in [5.41, 5.74) is 1.15. The molecule has 0 spiro atoms. The lowest BCUT2D eigenvalue weighted by Crippen LogP contribution is -2.41. The van der Waals surface area contributed by atoms with Crippen LogP contribution in [0.2, 0.25) is 19.1 Å². The Kier molecular flexibility index (Phi) is 7.38. The van der Waals surface area contributed by atoms with E-state index >= 15 is 0 Å². The Morgan fingerprint density at radius 2 is 1.68 bits per heavy atom. The second kappa shape index (κ2) is 9.09. The molecule has 0 amide bonds. The van der Waals surface area contributed by atoms with Crippen LogP contribution in [0.25, 0.3) is 0 Å². The molecule has 3 nitrogen and oxygen atoms in total. The van der Waals surface area contributed by atoms with Crippen molar-refractivity contribution in [2.24, 2.45) is 0 Å². The largest absolute Gasteiger partial charge is 0.496 e. The molecule has 1 aliphatic carbocycles. The number of rotatable bonds is 9. The van der Waals surface area contributed by atoms with Crippen molar-refractivity contribution in [3.8, 4) is 11.5 Å². The number of aliphatic hydroxyl groups is 1. The van der Waals surface area contributed by atoms with E-state index in [1.165, 1.54) is 36.9 Å². The SMILES string of the molecule is CCCCCC[Si](C)(C)c1cc(OC)c(C2CCC(O)C2)c(OC)c1. The summed E-state index contributed by atoms with van der Waals surface area (Å²) in [6.45, 7) is 7.16. The van der Waals surface area contributed by atoms with Crippen LogP contribution in [0.1, 0.15) is 63.4 Å². The number of aliphatic hydroxyl groups excluding tert-OH is 1. The van der Waals surface area contributed by atoms with Gasteiger partial charge in [-0.25, -0.2) is 0 Å². The fraction of sp³-hybridized carbons (Fsp3) is 0.714. The lowest BCUT2D eigenvalue weighted by molar-refractivity contribution is 0.181. The third kappa shape index (κ3) is 5.01. The minimum atomic E-state index is -1.51. The van der Waals surface area contributed by atoms with Crippen molar-refractivity contribution in [1.82, 2.24) is 0 Å². The molecule has 0 bridgehead atoms. The molecule has 0 saturated heterocycles. The van der Waals surface area contributed by atoms with Gasteiger partial charge in [0.25, 0.3) is 0 Å². The minimum Gasteiger partial charge on any atom is -0.496 e. The molecular formula is C21H36O3Si. The van der Waals surface area contributed by atoms with Crippen LogP contribution in [0.3, 0.4) is 0 Å². The molecule has 1 saturated carbocycles. The van der Waals surface area contributed by atoms with Crippen LogP contribution >= 0.6 is 0 Å². The van der Waals surface area contributed by atoms with Crippen molar-refractivity contribution in [1.29, 1.82) is 0 Å². The molecule has 1 N–H and O–H groups in total. The van der Waals surface area contributed by atoms with Crippen molar-refractivity contribution in [2.45, 2.75) is 83.0 Å². The Hall–Kier alpha value is -1.00. The van der Waals surface area contributed by atoms with Gasteiger partial charge >= 0.3 is 0 Å². The normalized spacial score (nSPS) is 20.7. The van der Waals surface area contributed by atoms with Gasteiger partial charge in [0.2, 0.25) is 0 Å². The Bertz CT molecular complexity index is 531. The predicted molar refractivity (Wildman–Crippen MR) is 108 cm³/mol. The molecule has 4 heteroatoms. The summed E-state index contributed by atoms with van der Waals surface area (Å²) >= 11 is 0. The Morgan fingerprint density at radius 3 is 2.16 bits per heavy atom. The fourth-order valence-electron chi connectivity index (χ4n) is 4.09. The van der Waals surface area contributed by atoms with E-state index in [9.17, 15) is 5.11 Å². The molecule has 0 aromatic heterocycles. The molecule has 142 valence electrons. The summed E-state index contributed by atoms with van der Waals surface area (Å²) in [7, 11) is 2.00.